The van der Waals surface area contributed by atoms with Gasteiger partial charge in [0.25, 0.3) is 5.91 Å². The van der Waals surface area contributed by atoms with E-state index in [-0.39, 0.29) is 36.3 Å². The van der Waals surface area contributed by atoms with Crippen molar-refractivity contribution in [3.8, 4) is 0 Å². The molecule has 1 aromatic rings. The van der Waals surface area contributed by atoms with E-state index in [9.17, 15) is 14.4 Å². The number of hydrogen-bond acceptors (Lipinski definition) is 4. The molecule has 0 spiro atoms. The number of rotatable bonds is 6. The smallest absolute Gasteiger partial charge is 0.315 e. The van der Waals surface area contributed by atoms with Crippen molar-refractivity contribution in [1.29, 1.82) is 0 Å². The number of carbonyl (C=O) groups excluding carboxylic acids is 3. The second-order valence-electron chi connectivity index (χ2n) is 7.60. The van der Waals surface area contributed by atoms with Crippen LogP contribution in [0.4, 0.5) is 4.79 Å². The van der Waals surface area contributed by atoms with Crippen LogP contribution in [0.15, 0.2) is 22.8 Å². The minimum atomic E-state index is -0.190. The lowest BCUT2D eigenvalue weighted by Gasteiger charge is -2.31. The molecular formula is C20H30N4O4. The third-order valence-electron chi connectivity index (χ3n) is 5.46. The lowest BCUT2D eigenvalue weighted by molar-refractivity contribution is -0.121. The minimum Gasteiger partial charge on any atom is -0.459 e. The average Bonchev–Trinajstić information content (AvgIpc) is 3.23. The highest BCUT2D eigenvalue weighted by Crippen LogP contribution is 2.17. The van der Waals surface area contributed by atoms with Gasteiger partial charge in [-0.1, -0.05) is 19.3 Å². The van der Waals surface area contributed by atoms with Crippen molar-refractivity contribution in [3.63, 3.8) is 0 Å². The summed E-state index contributed by atoms with van der Waals surface area (Å²) < 4.78 is 5.15. The zero-order chi connectivity index (χ0) is 19.8. The summed E-state index contributed by atoms with van der Waals surface area (Å²) in [5.74, 6) is 0.164. The molecule has 3 N–H and O–H groups in total. The first-order chi connectivity index (χ1) is 13.6. The van der Waals surface area contributed by atoms with Crippen LogP contribution in [0.2, 0.25) is 0 Å². The molecule has 2 aliphatic rings. The molecular weight excluding hydrogens is 360 g/mol. The average molecular weight is 390 g/mol. The van der Waals surface area contributed by atoms with Crippen LogP contribution in [0.1, 0.15) is 61.9 Å². The highest BCUT2D eigenvalue weighted by molar-refractivity contribution is 5.91. The fourth-order valence-corrected chi connectivity index (χ4v) is 3.86. The lowest BCUT2D eigenvalue weighted by Crippen LogP contribution is -2.47. The second kappa shape index (κ2) is 10.1. The topological polar surface area (TPSA) is 104 Å². The molecule has 0 aromatic carbocycles. The van der Waals surface area contributed by atoms with E-state index in [1.54, 1.807) is 17.0 Å². The van der Waals surface area contributed by atoms with Crippen molar-refractivity contribution in [2.75, 3.05) is 19.6 Å². The highest BCUT2D eigenvalue weighted by atomic mass is 16.3. The summed E-state index contributed by atoms with van der Waals surface area (Å²) in [6.45, 7) is 1.50. The third kappa shape index (κ3) is 6.00. The van der Waals surface area contributed by atoms with E-state index >= 15 is 0 Å². The van der Waals surface area contributed by atoms with Crippen molar-refractivity contribution >= 4 is 17.8 Å². The van der Waals surface area contributed by atoms with E-state index in [0.717, 1.165) is 12.8 Å². The Bertz CT molecular complexity index is 647. The van der Waals surface area contributed by atoms with Gasteiger partial charge in [-0.15, -0.1) is 0 Å². The van der Waals surface area contributed by atoms with Gasteiger partial charge >= 0.3 is 6.03 Å². The van der Waals surface area contributed by atoms with E-state index < -0.39 is 0 Å². The Morgan fingerprint density at radius 2 is 1.71 bits per heavy atom. The van der Waals surface area contributed by atoms with E-state index in [2.05, 4.69) is 16.0 Å². The Morgan fingerprint density at radius 3 is 2.39 bits per heavy atom. The van der Waals surface area contributed by atoms with Crippen molar-refractivity contribution in [3.05, 3.63) is 24.2 Å². The number of carbonyl (C=O) groups is 3. The van der Waals surface area contributed by atoms with Crippen molar-refractivity contribution in [2.45, 2.75) is 63.5 Å². The maximum atomic E-state index is 12.2. The Balaban J connectivity index is 1.28. The molecule has 0 radical (unpaired) electrons. The number of piperidine rings is 1. The first-order valence-electron chi connectivity index (χ1n) is 10.3. The second-order valence-corrected chi connectivity index (χ2v) is 7.60. The van der Waals surface area contributed by atoms with Gasteiger partial charge in [0.2, 0.25) is 5.91 Å². The molecule has 0 bridgehead atoms. The highest BCUT2D eigenvalue weighted by Gasteiger charge is 2.25. The van der Waals surface area contributed by atoms with Crippen LogP contribution in [0.5, 0.6) is 0 Å². The number of urea groups is 1. The molecule has 28 heavy (non-hydrogen) atoms. The summed E-state index contributed by atoms with van der Waals surface area (Å²) in [6, 6.07) is 3.49. The van der Waals surface area contributed by atoms with Gasteiger partial charge in [0.1, 0.15) is 0 Å². The van der Waals surface area contributed by atoms with Gasteiger partial charge in [-0.25, -0.2) is 4.79 Å². The number of furan rings is 1. The Morgan fingerprint density at radius 1 is 1.00 bits per heavy atom. The van der Waals surface area contributed by atoms with E-state index in [1.807, 2.05) is 0 Å². The fourth-order valence-electron chi connectivity index (χ4n) is 3.86. The number of amides is 4. The van der Waals surface area contributed by atoms with Gasteiger partial charge < -0.3 is 25.3 Å². The van der Waals surface area contributed by atoms with Crippen LogP contribution in [0.3, 0.4) is 0 Å². The number of nitrogens with one attached hydrogen (secondary N) is 3. The Labute approximate surface area is 165 Å². The quantitative estimate of drug-likeness (QED) is 0.691. The van der Waals surface area contributed by atoms with E-state index in [1.165, 1.54) is 25.5 Å². The maximum Gasteiger partial charge on any atom is 0.315 e. The van der Waals surface area contributed by atoms with Gasteiger partial charge in [-0.2, -0.15) is 0 Å². The normalized spacial score (nSPS) is 18.5. The molecule has 2 heterocycles. The molecule has 0 unspecified atom stereocenters. The summed E-state index contributed by atoms with van der Waals surface area (Å²) in [5, 5.41) is 8.73. The molecule has 8 heteroatoms. The SMILES string of the molecule is O=C(CCNC(=O)NC1CCCCC1)NC1CCN(C(=O)c2ccco2)CC1. The molecule has 3 rings (SSSR count). The molecule has 1 saturated carbocycles. The molecule has 0 atom stereocenters. The predicted molar refractivity (Wildman–Crippen MR) is 104 cm³/mol. The van der Waals surface area contributed by atoms with Crippen molar-refractivity contribution in [1.82, 2.24) is 20.9 Å². The molecule has 154 valence electrons. The summed E-state index contributed by atoms with van der Waals surface area (Å²) >= 11 is 0. The van der Waals surface area contributed by atoms with Gasteiger partial charge in [0.05, 0.1) is 6.26 Å². The zero-order valence-corrected chi connectivity index (χ0v) is 16.2. The monoisotopic (exact) mass is 390 g/mol. The van der Waals surface area contributed by atoms with Crippen LogP contribution >= 0.6 is 0 Å². The predicted octanol–water partition coefficient (Wildman–Crippen LogP) is 2.02. The zero-order valence-electron chi connectivity index (χ0n) is 16.2. The molecule has 2 fully saturated rings. The van der Waals surface area contributed by atoms with E-state index in [4.69, 9.17) is 4.42 Å². The number of hydrogen-bond donors (Lipinski definition) is 3. The fraction of sp³-hybridized carbons (Fsp3) is 0.650. The Hall–Kier alpha value is -2.51. The summed E-state index contributed by atoms with van der Waals surface area (Å²) in [4.78, 5) is 38.0. The molecule has 4 amide bonds. The van der Waals surface area contributed by atoms with Crippen LogP contribution < -0.4 is 16.0 Å². The van der Waals surface area contributed by atoms with Crippen LogP contribution in [-0.4, -0.2) is 54.5 Å². The van der Waals surface area contributed by atoms with Crippen LogP contribution in [-0.2, 0) is 4.79 Å². The van der Waals surface area contributed by atoms with Gasteiger partial charge in [-0.05, 0) is 37.8 Å². The summed E-state index contributed by atoms with van der Waals surface area (Å²) in [5.41, 5.74) is 0. The molecule has 1 saturated heterocycles. The molecule has 1 aromatic heterocycles. The molecule has 1 aliphatic heterocycles. The van der Waals surface area contributed by atoms with Crippen LogP contribution in [0.25, 0.3) is 0 Å². The van der Waals surface area contributed by atoms with E-state index in [0.29, 0.717) is 38.2 Å². The van der Waals surface area contributed by atoms with Crippen molar-refractivity contribution < 1.29 is 18.8 Å². The van der Waals surface area contributed by atoms with Gasteiger partial charge in [0.15, 0.2) is 5.76 Å². The standard InChI is InChI=1S/C20H30N4O4/c25-18(8-11-21-20(27)23-15-5-2-1-3-6-15)22-16-9-12-24(13-10-16)19(26)17-7-4-14-28-17/h4,7,14-16H,1-3,5-6,8-13H2,(H,22,25)(H2,21,23,27). The largest absolute Gasteiger partial charge is 0.459 e. The number of nitrogens with zero attached hydrogens (tertiary/aromatic N) is 1. The first-order valence-corrected chi connectivity index (χ1v) is 10.3. The number of likely N-dealkylation sites (tertiary alicyclic amines) is 1. The van der Waals surface area contributed by atoms with Gasteiger partial charge in [-0.3, -0.25) is 9.59 Å². The maximum absolute atomic E-state index is 12.2. The minimum absolute atomic E-state index is 0.0595. The molecule has 1 aliphatic carbocycles. The lowest BCUT2D eigenvalue weighted by atomic mass is 9.96. The summed E-state index contributed by atoms with van der Waals surface area (Å²) in [6.07, 6.45) is 8.83. The van der Waals surface area contributed by atoms with Crippen LogP contribution in [0, 0.1) is 0 Å². The van der Waals surface area contributed by atoms with Gasteiger partial charge in [0, 0.05) is 38.1 Å². The molecule has 8 nitrogen and oxygen atoms in total. The summed E-state index contributed by atoms with van der Waals surface area (Å²) in [7, 11) is 0. The Kier molecular flexibility index (Phi) is 7.33. The first kappa shape index (κ1) is 20.2. The third-order valence-corrected chi connectivity index (χ3v) is 5.46. The van der Waals surface area contributed by atoms with Crippen molar-refractivity contribution in [2.24, 2.45) is 0 Å².